The molecule has 1 heterocycles. The lowest BCUT2D eigenvalue weighted by molar-refractivity contribution is -0.142. The van der Waals surface area contributed by atoms with E-state index < -0.39 is 53.5 Å². The molecule has 4 amide bonds. The molecule has 0 fully saturated rings. The van der Waals surface area contributed by atoms with Crippen LogP contribution in [0.15, 0.2) is 59.9 Å². The van der Waals surface area contributed by atoms with E-state index in [4.69, 9.17) is 17.2 Å². The van der Waals surface area contributed by atoms with Gasteiger partial charge in [-0.3, -0.25) is 38.7 Å². The molecule has 0 aliphatic heterocycles. The Hall–Kier alpha value is -5.14. The van der Waals surface area contributed by atoms with E-state index in [1.54, 1.807) is 31.5 Å². The molecule has 0 bridgehead atoms. The smallest absolute Gasteiger partial charge is 0.290 e. The minimum atomic E-state index is -1.23. The molecule has 0 spiro atoms. The molecule has 14 nitrogen and oxygen atoms in total. The summed E-state index contributed by atoms with van der Waals surface area (Å²) in [6.07, 6.45) is 4.39. The maximum atomic E-state index is 13.9. The van der Waals surface area contributed by atoms with Crippen molar-refractivity contribution in [3.63, 3.8) is 0 Å². The summed E-state index contributed by atoms with van der Waals surface area (Å²) in [6, 6.07) is 9.37. The fourth-order valence-corrected chi connectivity index (χ4v) is 5.40. The maximum absolute atomic E-state index is 13.9. The predicted molar refractivity (Wildman–Crippen MR) is 190 cm³/mol. The quantitative estimate of drug-likeness (QED) is 0.0447. The molecule has 1 unspecified atom stereocenters. The second-order valence-electron chi connectivity index (χ2n) is 13.0. The van der Waals surface area contributed by atoms with Gasteiger partial charge in [0.25, 0.3) is 5.91 Å². The molecule has 0 saturated carbocycles. The number of benzene rings is 1. The van der Waals surface area contributed by atoms with E-state index in [1.807, 2.05) is 51.1 Å². The lowest BCUT2D eigenvalue weighted by atomic mass is 9.87. The molecule has 9 N–H and O–H groups in total. The highest BCUT2D eigenvalue weighted by atomic mass is 16.2. The van der Waals surface area contributed by atoms with Crippen LogP contribution < -0.4 is 33.2 Å². The van der Waals surface area contributed by atoms with Crippen molar-refractivity contribution in [3.05, 3.63) is 66.0 Å². The van der Waals surface area contributed by atoms with Crippen molar-refractivity contribution in [1.29, 1.82) is 0 Å². The second-order valence-corrected chi connectivity index (χ2v) is 13.0. The molecule has 2 rings (SSSR count). The Morgan fingerprint density at radius 3 is 2.08 bits per heavy atom. The zero-order valence-electron chi connectivity index (χ0n) is 29.4. The number of ketones is 2. The minimum absolute atomic E-state index is 0.00346. The van der Waals surface area contributed by atoms with Gasteiger partial charge in [0.2, 0.25) is 23.5 Å². The number of aromatic nitrogens is 1. The first-order valence-corrected chi connectivity index (χ1v) is 17.0. The van der Waals surface area contributed by atoms with Gasteiger partial charge in [0.1, 0.15) is 6.04 Å². The average Bonchev–Trinajstić information content (AvgIpc) is 3.07. The summed E-state index contributed by atoms with van der Waals surface area (Å²) in [5, 5.41) is 7.97. The van der Waals surface area contributed by atoms with E-state index in [-0.39, 0.29) is 55.8 Å². The number of pyridine rings is 1. The molecule has 5 atom stereocenters. The van der Waals surface area contributed by atoms with Crippen LogP contribution in [-0.2, 0) is 41.6 Å². The number of hydrogen-bond acceptors (Lipinski definition) is 8. The van der Waals surface area contributed by atoms with E-state index in [0.29, 0.717) is 19.3 Å². The summed E-state index contributed by atoms with van der Waals surface area (Å²) in [5.74, 6) is -5.54. The number of carbonyl (C=O) groups excluding carboxylic acids is 6. The molecule has 1 aromatic carbocycles. The van der Waals surface area contributed by atoms with Crippen molar-refractivity contribution < 1.29 is 28.8 Å². The molecule has 50 heavy (non-hydrogen) atoms. The van der Waals surface area contributed by atoms with E-state index in [9.17, 15) is 28.8 Å². The fraction of sp³-hybridized carbons (Fsp3) is 0.500. The van der Waals surface area contributed by atoms with Gasteiger partial charge in [0.15, 0.2) is 11.7 Å². The summed E-state index contributed by atoms with van der Waals surface area (Å²) in [4.78, 5) is 87.1. The summed E-state index contributed by atoms with van der Waals surface area (Å²) >= 11 is 0. The molecule has 0 aliphatic carbocycles. The normalized spacial score (nSPS) is 13.9. The number of nitrogens with one attached hydrogen (secondary N) is 3. The number of hydrogen-bond donors (Lipinski definition) is 6. The molecular formula is C36H52N8O6. The number of amides is 4. The van der Waals surface area contributed by atoms with Crippen LogP contribution >= 0.6 is 0 Å². The fourth-order valence-electron chi connectivity index (χ4n) is 5.40. The van der Waals surface area contributed by atoms with Crippen LogP contribution in [-0.4, -0.2) is 70.8 Å². The number of nitrogens with two attached hydrogens (primary N) is 3. The van der Waals surface area contributed by atoms with E-state index in [1.165, 1.54) is 0 Å². The van der Waals surface area contributed by atoms with Gasteiger partial charge in [-0.1, -0.05) is 64.4 Å². The van der Waals surface area contributed by atoms with Gasteiger partial charge >= 0.3 is 0 Å². The zero-order valence-corrected chi connectivity index (χ0v) is 29.4. The maximum Gasteiger partial charge on any atom is 0.290 e. The Kier molecular flexibility index (Phi) is 17.3. The van der Waals surface area contributed by atoms with Crippen molar-refractivity contribution in [2.75, 3.05) is 6.54 Å². The lowest BCUT2D eigenvalue weighted by Crippen LogP contribution is -2.55. The zero-order chi connectivity index (χ0) is 37.2. The van der Waals surface area contributed by atoms with Crippen molar-refractivity contribution in [2.45, 2.75) is 90.8 Å². The van der Waals surface area contributed by atoms with Gasteiger partial charge < -0.3 is 33.2 Å². The first kappa shape index (κ1) is 41.0. The topological polar surface area (TPSA) is 242 Å². The summed E-state index contributed by atoms with van der Waals surface area (Å²) in [5.41, 5.74) is 17.7. The molecule has 0 saturated heterocycles. The van der Waals surface area contributed by atoms with Gasteiger partial charge in [-0.05, 0) is 60.8 Å². The molecule has 14 heteroatoms. The van der Waals surface area contributed by atoms with E-state index in [2.05, 4.69) is 25.9 Å². The number of aliphatic imine (C=N–C) groups is 1. The molecule has 0 aliphatic rings. The number of guanidine groups is 1. The average molecular weight is 693 g/mol. The highest BCUT2D eigenvalue weighted by Gasteiger charge is 2.35. The number of primary amides is 1. The number of nitrogens with zero attached hydrogens (tertiary/aromatic N) is 2. The predicted octanol–water partition coefficient (Wildman–Crippen LogP) is 1.10. The third-order valence-corrected chi connectivity index (χ3v) is 8.31. The summed E-state index contributed by atoms with van der Waals surface area (Å²) in [7, 11) is 0. The van der Waals surface area contributed by atoms with Crippen molar-refractivity contribution >= 4 is 41.2 Å². The van der Waals surface area contributed by atoms with Gasteiger partial charge in [-0.2, -0.15) is 0 Å². The first-order valence-electron chi connectivity index (χ1n) is 17.0. The first-order chi connectivity index (χ1) is 23.7. The van der Waals surface area contributed by atoms with Crippen molar-refractivity contribution in [3.8, 4) is 0 Å². The molecule has 272 valence electrons. The second kappa shape index (κ2) is 21.1. The number of carbonyl (C=O) groups is 6. The SMILES string of the molecule is CC[C@H](C)C(NC(=O)[C@@H](CC(=O)[C@H](Cc1ccccc1)NC(=O)Cc1ccncc1)CC(C)C)C(=O)C(=O)N[C@H](CCCN=C(N)N)C(N)=O. The third-order valence-electron chi connectivity index (χ3n) is 8.31. The van der Waals surface area contributed by atoms with Gasteiger partial charge in [0, 0.05) is 31.3 Å². The number of rotatable bonds is 22. The largest absolute Gasteiger partial charge is 0.370 e. The standard InChI is InChI=1S/C36H52N8O6/c1-5-23(4)31(32(47)35(50)43-27(33(37)48)12-9-15-41-36(38)39)44-34(49)26(18-22(2)3)21-29(45)28(19-24-10-7-6-8-11-24)42-30(46)20-25-13-16-40-17-14-25/h6-8,10-11,13-14,16-17,22-23,26-28,31H,5,9,12,15,18-21H2,1-4H3,(H2,37,48)(H,42,46)(H,43,50)(H,44,49)(H4,38,39,41)/t23-,26+,27+,28-,31?/m0/s1. The highest BCUT2D eigenvalue weighted by molar-refractivity contribution is 6.38. The van der Waals surface area contributed by atoms with Gasteiger partial charge in [-0.15, -0.1) is 0 Å². The molecule has 1 aromatic heterocycles. The van der Waals surface area contributed by atoms with Crippen LogP contribution in [0.5, 0.6) is 0 Å². The Bertz CT molecular complexity index is 1460. The third kappa shape index (κ3) is 14.5. The van der Waals surface area contributed by atoms with Crippen molar-refractivity contribution in [2.24, 2.45) is 39.9 Å². The summed E-state index contributed by atoms with van der Waals surface area (Å²) < 4.78 is 0. The van der Waals surface area contributed by atoms with E-state index in [0.717, 1.165) is 11.1 Å². The van der Waals surface area contributed by atoms with Gasteiger partial charge in [-0.25, -0.2) is 0 Å². The Labute approximate surface area is 293 Å². The van der Waals surface area contributed by atoms with Crippen LogP contribution in [0.4, 0.5) is 0 Å². The Morgan fingerprint density at radius 2 is 1.50 bits per heavy atom. The monoisotopic (exact) mass is 692 g/mol. The minimum Gasteiger partial charge on any atom is -0.370 e. The molecular weight excluding hydrogens is 640 g/mol. The Morgan fingerprint density at radius 1 is 0.840 bits per heavy atom. The van der Waals surface area contributed by atoms with Crippen LogP contribution in [0.3, 0.4) is 0 Å². The lowest BCUT2D eigenvalue weighted by Gasteiger charge is -2.27. The van der Waals surface area contributed by atoms with Crippen LogP contribution in [0.25, 0.3) is 0 Å². The highest BCUT2D eigenvalue weighted by Crippen LogP contribution is 2.20. The van der Waals surface area contributed by atoms with Crippen LogP contribution in [0.1, 0.15) is 70.9 Å². The van der Waals surface area contributed by atoms with Crippen LogP contribution in [0.2, 0.25) is 0 Å². The summed E-state index contributed by atoms with van der Waals surface area (Å²) in [6.45, 7) is 7.53. The van der Waals surface area contributed by atoms with Gasteiger partial charge in [0.05, 0.1) is 18.5 Å². The van der Waals surface area contributed by atoms with Crippen LogP contribution in [0, 0.1) is 17.8 Å². The molecule has 0 radical (unpaired) electrons. The van der Waals surface area contributed by atoms with E-state index >= 15 is 0 Å². The number of Topliss-reactive ketones (excluding diaryl/α,β-unsaturated/α-hetero) is 2. The molecule has 2 aromatic rings. The Balaban J connectivity index is 2.24. The van der Waals surface area contributed by atoms with Crippen molar-refractivity contribution in [1.82, 2.24) is 20.9 Å².